The number of oxazole rings is 1. The van der Waals surface area contributed by atoms with Crippen LogP contribution in [-0.2, 0) is 13.0 Å². The Labute approximate surface area is 172 Å². The summed E-state index contributed by atoms with van der Waals surface area (Å²) in [6, 6.07) is 7.47. The molecule has 4 heterocycles. The molecule has 0 saturated carbocycles. The van der Waals surface area contributed by atoms with Gasteiger partial charge in [0, 0.05) is 35.3 Å². The predicted octanol–water partition coefficient (Wildman–Crippen LogP) is 4.22. The first-order chi connectivity index (χ1) is 14.0. The van der Waals surface area contributed by atoms with Gasteiger partial charge in [-0.1, -0.05) is 11.6 Å². The summed E-state index contributed by atoms with van der Waals surface area (Å²) < 4.78 is 5.94. The Balaban J connectivity index is 1.50. The number of pyridine rings is 1. The van der Waals surface area contributed by atoms with Gasteiger partial charge in [0.2, 0.25) is 5.65 Å². The van der Waals surface area contributed by atoms with Crippen LogP contribution in [0, 0.1) is 13.8 Å². The molecule has 146 valence electrons. The summed E-state index contributed by atoms with van der Waals surface area (Å²) in [6.45, 7) is 5.19. The van der Waals surface area contributed by atoms with E-state index >= 15 is 0 Å². The van der Waals surface area contributed by atoms with E-state index in [9.17, 15) is 5.11 Å². The quantitative estimate of drug-likeness (QED) is 0.532. The molecule has 0 saturated heterocycles. The molecule has 0 bridgehead atoms. The van der Waals surface area contributed by atoms with Crippen LogP contribution in [0.15, 0.2) is 34.9 Å². The third-order valence-corrected chi connectivity index (χ3v) is 5.32. The minimum Gasteiger partial charge on any atom is -0.507 e. The normalized spacial score (nSPS) is 13.7. The van der Waals surface area contributed by atoms with Crippen molar-refractivity contribution in [3.8, 4) is 17.0 Å². The van der Waals surface area contributed by atoms with E-state index in [1.165, 1.54) is 6.07 Å². The van der Waals surface area contributed by atoms with Gasteiger partial charge >= 0.3 is 0 Å². The van der Waals surface area contributed by atoms with Crippen molar-refractivity contribution < 1.29 is 9.52 Å². The number of nitrogens with zero attached hydrogens (tertiary/aromatic N) is 5. The van der Waals surface area contributed by atoms with Gasteiger partial charge in [-0.3, -0.25) is 0 Å². The molecule has 0 unspecified atom stereocenters. The highest BCUT2D eigenvalue weighted by atomic mass is 35.5. The summed E-state index contributed by atoms with van der Waals surface area (Å²) in [5.74, 6) is 0.880. The average molecular weight is 408 g/mol. The molecule has 0 atom stereocenters. The molecule has 7 nitrogen and oxygen atoms in total. The second kappa shape index (κ2) is 6.70. The lowest BCUT2D eigenvalue weighted by Gasteiger charge is -2.26. The third kappa shape index (κ3) is 3.17. The van der Waals surface area contributed by atoms with Crippen molar-refractivity contribution in [1.29, 1.82) is 0 Å². The Morgan fingerprint density at radius 1 is 1.14 bits per heavy atom. The Kier molecular flexibility index (Phi) is 4.13. The molecule has 1 N–H and O–H groups in total. The van der Waals surface area contributed by atoms with Crippen LogP contribution in [0.4, 0.5) is 6.01 Å². The van der Waals surface area contributed by atoms with E-state index in [2.05, 4.69) is 24.8 Å². The second-order valence-electron chi connectivity index (χ2n) is 7.19. The maximum atomic E-state index is 10.3. The van der Waals surface area contributed by atoms with Crippen molar-refractivity contribution in [2.75, 3.05) is 11.4 Å². The third-order valence-electron chi connectivity index (χ3n) is 5.10. The highest BCUT2D eigenvalue weighted by Gasteiger charge is 2.23. The number of aryl methyl sites for hydroxylation is 2. The predicted molar refractivity (Wildman–Crippen MR) is 110 cm³/mol. The SMILES string of the molecule is Cc1ncc2c(n1)CCN(c1nc3nc(-c4c(C)cc(Cl)cc4O)ccc3o1)C2. The van der Waals surface area contributed by atoms with Crippen LogP contribution >= 0.6 is 11.6 Å². The molecule has 3 aromatic heterocycles. The largest absolute Gasteiger partial charge is 0.507 e. The number of aromatic hydroxyl groups is 1. The number of rotatable bonds is 2. The molecule has 1 aliphatic heterocycles. The van der Waals surface area contributed by atoms with Gasteiger partial charge in [-0.05, 0) is 43.7 Å². The van der Waals surface area contributed by atoms with Crippen LogP contribution < -0.4 is 4.90 Å². The number of anilines is 1. The first-order valence-electron chi connectivity index (χ1n) is 9.31. The lowest BCUT2D eigenvalue weighted by Crippen LogP contribution is -2.31. The van der Waals surface area contributed by atoms with Crippen molar-refractivity contribution >= 4 is 28.8 Å². The van der Waals surface area contributed by atoms with Gasteiger partial charge in [0.1, 0.15) is 11.6 Å². The van der Waals surface area contributed by atoms with Gasteiger partial charge < -0.3 is 14.4 Å². The van der Waals surface area contributed by atoms with Crippen LogP contribution in [0.25, 0.3) is 22.5 Å². The van der Waals surface area contributed by atoms with Crippen molar-refractivity contribution in [3.63, 3.8) is 0 Å². The summed E-state index contributed by atoms with van der Waals surface area (Å²) in [4.78, 5) is 20.1. The molecule has 1 aromatic carbocycles. The number of aromatic nitrogens is 4. The van der Waals surface area contributed by atoms with Gasteiger partial charge in [0.15, 0.2) is 5.58 Å². The van der Waals surface area contributed by atoms with Crippen molar-refractivity contribution in [2.24, 2.45) is 0 Å². The fourth-order valence-corrected chi connectivity index (χ4v) is 3.99. The summed E-state index contributed by atoms with van der Waals surface area (Å²) in [5, 5.41) is 10.8. The second-order valence-corrected chi connectivity index (χ2v) is 7.63. The van der Waals surface area contributed by atoms with Gasteiger partial charge in [-0.25, -0.2) is 15.0 Å². The molecule has 0 aliphatic carbocycles. The molecule has 0 radical (unpaired) electrons. The van der Waals surface area contributed by atoms with E-state index in [0.717, 1.165) is 35.6 Å². The first kappa shape index (κ1) is 17.9. The van der Waals surface area contributed by atoms with E-state index < -0.39 is 0 Å². The zero-order valence-electron chi connectivity index (χ0n) is 16.0. The minimum atomic E-state index is 0.0912. The molecular formula is C21H18ClN5O2. The van der Waals surface area contributed by atoms with Gasteiger partial charge in [-0.2, -0.15) is 4.98 Å². The molecule has 0 amide bonds. The lowest BCUT2D eigenvalue weighted by molar-refractivity contribution is 0.477. The van der Waals surface area contributed by atoms with Gasteiger partial charge in [-0.15, -0.1) is 0 Å². The monoisotopic (exact) mass is 407 g/mol. The van der Waals surface area contributed by atoms with Crippen LogP contribution in [0.2, 0.25) is 5.02 Å². The molecule has 8 heteroatoms. The highest BCUT2D eigenvalue weighted by molar-refractivity contribution is 6.31. The zero-order valence-corrected chi connectivity index (χ0v) is 16.7. The van der Waals surface area contributed by atoms with Crippen LogP contribution in [0.5, 0.6) is 5.75 Å². The molecule has 4 aromatic rings. The lowest BCUT2D eigenvalue weighted by atomic mass is 10.0. The minimum absolute atomic E-state index is 0.0912. The van der Waals surface area contributed by atoms with Crippen LogP contribution in [-0.4, -0.2) is 31.6 Å². The molecule has 5 rings (SSSR count). The first-order valence-corrected chi connectivity index (χ1v) is 9.69. The molecule has 29 heavy (non-hydrogen) atoms. The fourth-order valence-electron chi connectivity index (χ4n) is 3.72. The number of fused-ring (bicyclic) bond motifs is 2. The standard InChI is InChI=1S/C21H18ClN5O2/c1-11-7-14(22)8-17(28)19(11)16-3-4-18-20(25-16)26-21(29-18)27-6-5-15-13(10-27)9-23-12(2)24-15/h3-4,7-9,28H,5-6,10H2,1-2H3. The van der Waals surface area contributed by atoms with Crippen LogP contribution in [0.3, 0.4) is 0 Å². The maximum absolute atomic E-state index is 10.3. The highest BCUT2D eigenvalue weighted by Crippen LogP contribution is 2.35. The number of benzene rings is 1. The average Bonchev–Trinajstić information content (AvgIpc) is 3.10. The van der Waals surface area contributed by atoms with E-state index in [1.807, 2.05) is 32.2 Å². The molecule has 0 fully saturated rings. The number of hydrogen-bond acceptors (Lipinski definition) is 7. The summed E-state index contributed by atoms with van der Waals surface area (Å²) in [7, 11) is 0. The molecular weight excluding hydrogens is 390 g/mol. The van der Waals surface area contributed by atoms with Crippen molar-refractivity contribution in [3.05, 3.63) is 58.1 Å². The Bertz CT molecular complexity index is 1230. The number of phenols is 1. The summed E-state index contributed by atoms with van der Waals surface area (Å²) in [5.41, 5.74) is 5.36. The zero-order chi connectivity index (χ0) is 20.1. The maximum Gasteiger partial charge on any atom is 0.300 e. The van der Waals surface area contributed by atoms with Crippen molar-refractivity contribution in [1.82, 2.24) is 19.9 Å². The van der Waals surface area contributed by atoms with E-state index in [-0.39, 0.29) is 5.75 Å². The Hall–Kier alpha value is -3.19. The number of hydrogen-bond donors (Lipinski definition) is 1. The van der Waals surface area contributed by atoms with Gasteiger partial charge in [0.25, 0.3) is 6.01 Å². The van der Waals surface area contributed by atoms with E-state index in [4.69, 9.17) is 16.0 Å². The van der Waals surface area contributed by atoms with E-state index in [0.29, 0.717) is 40.1 Å². The Morgan fingerprint density at radius 3 is 2.83 bits per heavy atom. The topological polar surface area (TPSA) is 88.2 Å². The number of halogens is 1. The van der Waals surface area contributed by atoms with Crippen LogP contribution in [0.1, 0.15) is 22.6 Å². The summed E-state index contributed by atoms with van der Waals surface area (Å²) >= 11 is 6.02. The van der Waals surface area contributed by atoms with Gasteiger partial charge in [0.05, 0.1) is 17.9 Å². The molecule has 0 spiro atoms. The fraction of sp³-hybridized carbons (Fsp3) is 0.238. The summed E-state index contributed by atoms with van der Waals surface area (Å²) in [6.07, 6.45) is 2.68. The van der Waals surface area contributed by atoms with Crippen molar-refractivity contribution in [2.45, 2.75) is 26.8 Å². The number of phenolic OH excluding ortho intramolecular Hbond substituents is 1. The Morgan fingerprint density at radius 2 is 2.00 bits per heavy atom. The molecule has 1 aliphatic rings. The van der Waals surface area contributed by atoms with E-state index in [1.54, 1.807) is 6.07 Å². The smallest absolute Gasteiger partial charge is 0.300 e.